The van der Waals surface area contributed by atoms with Gasteiger partial charge >= 0.3 is 0 Å². The maximum Gasteiger partial charge on any atom is 0.0599 e. The van der Waals surface area contributed by atoms with Gasteiger partial charge in [-0.15, -0.1) is 0 Å². The monoisotopic (exact) mass is 180 g/mol. The van der Waals surface area contributed by atoms with Crippen molar-refractivity contribution in [2.24, 2.45) is 17.8 Å². The zero-order valence-corrected chi connectivity index (χ0v) is 8.66. The van der Waals surface area contributed by atoms with Crippen LogP contribution in [0.25, 0.3) is 0 Å². The molecule has 2 aliphatic rings. The number of hydrogen-bond acceptors (Lipinski definition) is 1. The van der Waals surface area contributed by atoms with E-state index in [2.05, 4.69) is 19.9 Å². The van der Waals surface area contributed by atoms with Gasteiger partial charge in [-0.05, 0) is 50.4 Å². The first kappa shape index (κ1) is 9.26. The lowest BCUT2D eigenvalue weighted by Crippen LogP contribution is -2.26. The van der Waals surface area contributed by atoms with Crippen molar-refractivity contribution in [3.63, 3.8) is 0 Å². The van der Waals surface area contributed by atoms with Crippen LogP contribution in [0.2, 0.25) is 0 Å². The first-order valence-electron chi connectivity index (χ1n) is 5.52. The lowest BCUT2D eigenvalue weighted by Gasteiger charge is -2.29. The summed E-state index contributed by atoms with van der Waals surface area (Å²) in [7, 11) is 0. The Morgan fingerprint density at radius 2 is 2.08 bits per heavy atom. The molecule has 0 aromatic rings. The molecule has 1 nitrogen and oxygen atoms in total. The Kier molecular flexibility index (Phi) is 2.46. The van der Waals surface area contributed by atoms with Crippen molar-refractivity contribution in [2.45, 2.75) is 45.6 Å². The number of hydrogen-bond donors (Lipinski definition) is 1. The maximum atomic E-state index is 10.0. The topological polar surface area (TPSA) is 20.2 Å². The van der Waals surface area contributed by atoms with Crippen molar-refractivity contribution in [3.8, 4) is 0 Å². The lowest BCUT2D eigenvalue weighted by molar-refractivity contribution is 0.0734. The molecule has 3 unspecified atom stereocenters. The number of aliphatic hydroxyl groups is 1. The summed E-state index contributed by atoms with van der Waals surface area (Å²) in [5, 5.41) is 10.0. The van der Waals surface area contributed by atoms with Gasteiger partial charge in [0, 0.05) is 0 Å². The van der Waals surface area contributed by atoms with Crippen LogP contribution in [0.4, 0.5) is 0 Å². The molecule has 0 aliphatic heterocycles. The van der Waals surface area contributed by atoms with Gasteiger partial charge in [-0.2, -0.15) is 0 Å². The summed E-state index contributed by atoms with van der Waals surface area (Å²) in [6.07, 6.45) is 7.18. The zero-order chi connectivity index (χ0) is 9.42. The van der Waals surface area contributed by atoms with Crippen LogP contribution in [0, 0.1) is 17.8 Å². The number of aliphatic hydroxyl groups excluding tert-OH is 1. The third-order valence-corrected chi connectivity index (χ3v) is 3.42. The molecule has 0 bridgehead atoms. The van der Waals surface area contributed by atoms with E-state index in [9.17, 15) is 5.11 Å². The largest absolute Gasteiger partial charge is 0.393 e. The average molecular weight is 180 g/mol. The summed E-state index contributed by atoms with van der Waals surface area (Å²) in [4.78, 5) is 0. The molecule has 0 amide bonds. The first-order valence-corrected chi connectivity index (χ1v) is 5.52. The highest BCUT2D eigenvalue weighted by atomic mass is 16.3. The van der Waals surface area contributed by atoms with Crippen LogP contribution in [0.15, 0.2) is 11.6 Å². The Morgan fingerprint density at radius 1 is 1.38 bits per heavy atom. The van der Waals surface area contributed by atoms with Crippen LogP contribution in [-0.2, 0) is 0 Å². The molecule has 0 spiro atoms. The molecule has 0 heterocycles. The molecule has 74 valence electrons. The van der Waals surface area contributed by atoms with Gasteiger partial charge < -0.3 is 5.11 Å². The van der Waals surface area contributed by atoms with Gasteiger partial charge in [0.15, 0.2) is 0 Å². The quantitative estimate of drug-likeness (QED) is 0.648. The molecule has 2 rings (SSSR count). The van der Waals surface area contributed by atoms with Crippen molar-refractivity contribution in [3.05, 3.63) is 11.6 Å². The maximum absolute atomic E-state index is 10.0. The molecule has 0 aromatic carbocycles. The molecule has 0 radical (unpaired) electrons. The second-order valence-electron chi connectivity index (χ2n) is 5.02. The summed E-state index contributed by atoms with van der Waals surface area (Å²) in [6.45, 7) is 4.46. The normalized spacial score (nSPS) is 37.0. The van der Waals surface area contributed by atoms with E-state index in [1.165, 1.54) is 24.8 Å². The Morgan fingerprint density at radius 3 is 2.62 bits per heavy atom. The van der Waals surface area contributed by atoms with Gasteiger partial charge in [-0.3, -0.25) is 0 Å². The zero-order valence-electron chi connectivity index (χ0n) is 8.66. The Balaban J connectivity index is 1.96. The molecular weight excluding hydrogens is 160 g/mol. The van der Waals surface area contributed by atoms with Gasteiger partial charge in [0.1, 0.15) is 0 Å². The Bertz CT molecular complexity index is 215. The fraction of sp³-hybridized carbons (Fsp3) is 0.833. The summed E-state index contributed by atoms with van der Waals surface area (Å²) in [5.41, 5.74) is 1.48. The van der Waals surface area contributed by atoms with E-state index in [0.29, 0.717) is 17.8 Å². The minimum Gasteiger partial charge on any atom is -0.393 e. The average Bonchev–Trinajstić information content (AvgIpc) is 2.83. The van der Waals surface area contributed by atoms with Crippen LogP contribution in [0.3, 0.4) is 0 Å². The number of allylic oxidation sites excluding steroid dienone is 2. The van der Waals surface area contributed by atoms with E-state index < -0.39 is 0 Å². The Hall–Kier alpha value is -0.300. The molecule has 0 saturated heterocycles. The lowest BCUT2D eigenvalue weighted by atomic mass is 9.79. The number of rotatable bonds is 2. The Labute approximate surface area is 80.8 Å². The third kappa shape index (κ3) is 2.14. The standard InChI is InChI=1S/C12H20O/c1-8-5-9(2)7-11(6-8)12(13)10-3-4-10/h5,8,10-13H,3-4,6-7H2,1-2H3. The predicted octanol–water partition coefficient (Wildman–Crippen LogP) is 2.75. The molecule has 3 atom stereocenters. The van der Waals surface area contributed by atoms with Gasteiger partial charge in [-0.25, -0.2) is 0 Å². The van der Waals surface area contributed by atoms with Crippen LogP contribution in [0.5, 0.6) is 0 Å². The van der Waals surface area contributed by atoms with Crippen LogP contribution in [-0.4, -0.2) is 11.2 Å². The second kappa shape index (κ2) is 3.45. The first-order chi connectivity index (χ1) is 6.16. The summed E-state index contributed by atoms with van der Waals surface area (Å²) in [6, 6.07) is 0. The summed E-state index contributed by atoms with van der Waals surface area (Å²) in [5.74, 6) is 1.86. The highest BCUT2D eigenvalue weighted by Crippen LogP contribution is 2.41. The van der Waals surface area contributed by atoms with Gasteiger partial charge in [0.2, 0.25) is 0 Å². The van der Waals surface area contributed by atoms with Crippen molar-refractivity contribution in [2.75, 3.05) is 0 Å². The van der Waals surface area contributed by atoms with E-state index in [-0.39, 0.29) is 6.10 Å². The van der Waals surface area contributed by atoms with E-state index in [1.54, 1.807) is 0 Å². The van der Waals surface area contributed by atoms with E-state index in [1.807, 2.05) is 0 Å². The van der Waals surface area contributed by atoms with E-state index in [0.717, 1.165) is 6.42 Å². The van der Waals surface area contributed by atoms with Crippen LogP contribution >= 0.6 is 0 Å². The van der Waals surface area contributed by atoms with Crippen molar-refractivity contribution < 1.29 is 5.11 Å². The van der Waals surface area contributed by atoms with Gasteiger partial charge in [0.05, 0.1) is 6.10 Å². The summed E-state index contributed by atoms with van der Waals surface area (Å²) >= 11 is 0. The van der Waals surface area contributed by atoms with Crippen molar-refractivity contribution in [1.82, 2.24) is 0 Å². The molecule has 1 saturated carbocycles. The highest BCUT2D eigenvalue weighted by Gasteiger charge is 2.36. The van der Waals surface area contributed by atoms with Crippen molar-refractivity contribution >= 4 is 0 Å². The van der Waals surface area contributed by atoms with Gasteiger partial charge in [-0.1, -0.05) is 18.6 Å². The van der Waals surface area contributed by atoms with Crippen LogP contribution in [0.1, 0.15) is 39.5 Å². The molecule has 1 fully saturated rings. The SMILES string of the molecule is CC1=CC(C)CC(C(O)C2CC2)C1. The molecular formula is C12H20O. The molecule has 2 aliphatic carbocycles. The smallest absolute Gasteiger partial charge is 0.0599 e. The van der Waals surface area contributed by atoms with Gasteiger partial charge in [0.25, 0.3) is 0 Å². The van der Waals surface area contributed by atoms with Crippen LogP contribution < -0.4 is 0 Å². The second-order valence-corrected chi connectivity index (χ2v) is 5.02. The fourth-order valence-electron chi connectivity index (χ4n) is 2.68. The minimum absolute atomic E-state index is 0.00824. The van der Waals surface area contributed by atoms with E-state index >= 15 is 0 Å². The molecule has 0 aromatic heterocycles. The molecule has 1 N–H and O–H groups in total. The minimum atomic E-state index is -0.00824. The highest BCUT2D eigenvalue weighted by molar-refractivity contribution is 5.08. The predicted molar refractivity (Wildman–Crippen MR) is 54.4 cm³/mol. The third-order valence-electron chi connectivity index (χ3n) is 3.42. The fourth-order valence-corrected chi connectivity index (χ4v) is 2.68. The van der Waals surface area contributed by atoms with E-state index in [4.69, 9.17) is 0 Å². The molecule has 13 heavy (non-hydrogen) atoms. The molecule has 1 heteroatoms. The van der Waals surface area contributed by atoms with Crippen molar-refractivity contribution in [1.29, 1.82) is 0 Å². The summed E-state index contributed by atoms with van der Waals surface area (Å²) < 4.78 is 0.